The van der Waals surface area contributed by atoms with Gasteiger partial charge in [-0.3, -0.25) is 4.79 Å². The first-order chi connectivity index (χ1) is 16.5. The second-order valence-electron chi connectivity index (χ2n) is 11.9. The van der Waals surface area contributed by atoms with Crippen LogP contribution >= 0.6 is 11.8 Å². The predicted octanol–water partition coefficient (Wildman–Crippen LogP) is 4.40. The molecule has 3 fully saturated rings. The fourth-order valence-corrected chi connectivity index (χ4v) is 8.26. The van der Waals surface area contributed by atoms with Crippen LogP contribution in [0.3, 0.4) is 0 Å². The predicted molar refractivity (Wildman–Crippen MR) is 138 cm³/mol. The van der Waals surface area contributed by atoms with Crippen molar-refractivity contribution in [2.75, 3.05) is 18.6 Å². The summed E-state index contributed by atoms with van der Waals surface area (Å²) < 4.78 is 0. The average molecular weight is 507 g/mol. The van der Waals surface area contributed by atoms with E-state index in [0.717, 1.165) is 44.2 Å². The maximum absolute atomic E-state index is 12.2. The van der Waals surface area contributed by atoms with Gasteiger partial charge in [-0.15, -0.1) is 0 Å². The number of nitrogens with one attached hydrogen (secondary N) is 1. The minimum absolute atomic E-state index is 0.0382. The quantitative estimate of drug-likeness (QED) is 0.421. The SMILES string of the molecule is CSCCC(NC(=O)CON=C1C=C2CCC3C(CCC4(C)C3CCC4(C)O)C2(C)CC1)C(=O)O. The van der Waals surface area contributed by atoms with Crippen LogP contribution < -0.4 is 5.32 Å². The zero-order valence-electron chi connectivity index (χ0n) is 21.6. The van der Waals surface area contributed by atoms with Gasteiger partial charge in [0, 0.05) is 0 Å². The van der Waals surface area contributed by atoms with E-state index in [0.29, 0.717) is 29.9 Å². The third-order valence-corrected chi connectivity index (χ3v) is 10.8. The summed E-state index contributed by atoms with van der Waals surface area (Å²) in [6.45, 7) is 6.53. The summed E-state index contributed by atoms with van der Waals surface area (Å²) in [5.41, 5.74) is 1.98. The Kier molecular flexibility index (Phi) is 7.64. The summed E-state index contributed by atoms with van der Waals surface area (Å²) in [5, 5.41) is 27.1. The van der Waals surface area contributed by atoms with E-state index < -0.39 is 23.5 Å². The number of thioether (sulfide) groups is 1. The summed E-state index contributed by atoms with van der Waals surface area (Å²) in [6, 6.07) is -0.903. The minimum atomic E-state index is -1.03. The molecule has 0 aromatic carbocycles. The number of nitrogens with zero attached hydrogens (tertiary/aromatic N) is 1. The number of hydrogen-bond donors (Lipinski definition) is 3. The van der Waals surface area contributed by atoms with Gasteiger partial charge in [-0.25, -0.2) is 4.79 Å². The van der Waals surface area contributed by atoms with Crippen molar-refractivity contribution in [1.29, 1.82) is 0 Å². The van der Waals surface area contributed by atoms with Crippen molar-refractivity contribution in [2.45, 2.75) is 90.2 Å². The lowest BCUT2D eigenvalue weighted by molar-refractivity contribution is -0.142. The van der Waals surface area contributed by atoms with E-state index in [1.54, 1.807) is 11.8 Å². The van der Waals surface area contributed by atoms with Gasteiger partial charge in [0.25, 0.3) is 5.91 Å². The third kappa shape index (κ3) is 4.89. The highest BCUT2D eigenvalue weighted by molar-refractivity contribution is 7.98. The van der Waals surface area contributed by atoms with Gasteiger partial charge in [0.1, 0.15) is 6.04 Å². The van der Waals surface area contributed by atoms with Crippen molar-refractivity contribution >= 4 is 29.4 Å². The monoisotopic (exact) mass is 506 g/mol. The molecular formula is C27H42N2O5S. The molecule has 4 aliphatic carbocycles. The van der Waals surface area contributed by atoms with Crippen LogP contribution in [0.25, 0.3) is 0 Å². The van der Waals surface area contributed by atoms with Gasteiger partial charge in [-0.1, -0.05) is 24.6 Å². The lowest BCUT2D eigenvalue weighted by Crippen LogP contribution is -2.53. The molecule has 0 aliphatic heterocycles. The van der Waals surface area contributed by atoms with E-state index in [1.165, 1.54) is 18.4 Å². The number of aliphatic hydroxyl groups is 1. The van der Waals surface area contributed by atoms with E-state index in [4.69, 9.17) is 4.84 Å². The molecule has 1 amide bonds. The first-order valence-corrected chi connectivity index (χ1v) is 14.5. The molecule has 8 heteroatoms. The number of carbonyl (C=O) groups excluding carboxylic acids is 1. The van der Waals surface area contributed by atoms with Gasteiger partial charge in [-0.2, -0.15) is 11.8 Å². The fraction of sp³-hybridized carbons (Fsp3) is 0.815. The van der Waals surface area contributed by atoms with Crippen molar-refractivity contribution < 1.29 is 24.6 Å². The maximum atomic E-state index is 12.2. The molecule has 35 heavy (non-hydrogen) atoms. The average Bonchev–Trinajstić information content (AvgIpc) is 3.05. The minimum Gasteiger partial charge on any atom is -0.480 e. The van der Waals surface area contributed by atoms with E-state index in [2.05, 4.69) is 37.3 Å². The molecular weight excluding hydrogens is 464 g/mol. The number of hydrogen-bond acceptors (Lipinski definition) is 6. The molecule has 0 aromatic rings. The van der Waals surface area contributed by atoms with Crippen molar-refractivity contribution in [3.05, 3.63) is 11.6 Å². The Labute approximate surface area is 213 Å². The number of oxime groups is 1. The van der Waals surface area contributed by atoms with Crippen LogP contribution in [0.5, 0.6) is 0 Å². The van der Waals surface area contributed by atoms with Gasteiger partial charge in [-0.05, 0) is 111 Å². The molecule has 0 radical (unpaired) electrons. The zero-order valence-corrected chi connectivity index (χ0v) is 22.5. The van der Waals surface area contributed by atoms with Gasteiger partial charge in [0.15, 0.2) is 6.61 Å². The van der Waals surface area contributed by atoms with Crippen molar-refractivity contribution in [3.63, 3.8) is 0 Å². The number of carboxylic acids is 1. The Hall–Kier alpha value is -1.54. The largest absolute Gasteiger partial charge is 0.480 e. The Morgan fingerprint density at radius 1 is 1.17 bits per heavy atom. The number of amides is 1. The van der Waals surface area contributed by atoms with Crippen LogP contribution in [0.15, 0.2) is 16.8 Å². The number of rotatable bonds is 8. The normalized spacial score (nSPS) is 40.2. The Morgan fingerprint density at radius 2 is 1.91 bits per heavy atom. The van der Waals surface area contributed by atoms with Crippen LogP contribution in [-0.4, -0.2) is 58.1 Å². The second-order valence-corrected chi connectivity index (χ2v) is 12.9. The number of fused-ring (bicyclic) bond motifs is 5. The van der Waals surface area contributed by atoms with Crippen LogP contribution in [0.2, 0.25) is 0 Å². The number of carboxylic acid groups (broad SMARTS) is 1. The van der Waals surface area contributed by atoms with E-state index in [9.17, 15) is 19.8 Å². The zero-order chi connectivity index (χ0) is 25.4. The number of carbonyl (C=O) groups is 2. The van der Waals surface area contributed by atoms with Gasteiger partial charge in [0.05, 0.1) is 11.3 Å². The molecule has 4 rings (SSSR count). The summed E-state index contributed by atoms with van der Waals surface area (Å²) >= 11 is 1.55. The van der Waals surface area contributed by atoms with E-state index in [-0.39, 0.29) is 17.4 Å². The fourth-order valence-electron chi connectivity index (χ4n) is 7.79. The van der Waals surface area contributed by atoms with Gasteiger partial charge >= 0.3 is 5.97 Å². The lowest BCUT2D eigenvalue weighted by atomic mass is 9.46. The highest BCUT2D eigenvalue weighted by atomic mass is 32.2. The van der Waals surface area contributed by atoms with Crippen LogP contribution in [-0.2, 0) is 14.4 Å². The highest BCUT2D eigenvalue weighted by Crippen LogP contribution is 2.67. The van der Waals surface area contributed by atoms with Gasteiger partial charge in [0.2, 0.25) is 0 Å². The molecule has 196 valence electrons. The molecule has 7 atom stereocenters. The highest BCUT2D eigenvalue weighted by Gasteiger charge is 2.62. The van der Waals surface area contributed by atoms with E-state index in [1.807, 2.05) is 6.26 Å². The number of aliphatic carboxylic acids is 1. The molecule has 0 spiro atoms. The molecule has 0 bridgehead atoms. The molecule has 4 aliphatic rings. The molecule has 3 saturated carbocycles. The van der Waals surface area contributed by atoms with Crippen molar-refractivity contribution in [1.82, 2.24) is 5.32 Å². The first-order valence-electron chi connectivity index (χ1n) is 13.2. The lowest BCUT2D eigenvalue weighted by Gasteiger charge is -2.59. The summed E-state index contributed by atoms with van der Waals surface area (Å²) in [4.78, 5) is 28.8. The molecule has 7 nitrogen and oxygen atoms in total. The van der Waals surface area contributed by atoms with Gasteiger partial charge < -0.3 is 20.4 Å². The Morgan fingerprint density at radius 3 is 2.63 bits per heavy atom. The number of allylic oxidation sites excluding steroid dienone is 2. The molecule has 3 N–H and O–H groups in total. The van der Waals surface area contributed by atoms with Crippen LogP contribution in [0.1, 0.15) is 78.6 Å². The topological polar surface area (TPSA) is 108 Å². The Bertz CT molecular complexity index is 902. The summed E-state index contributed by atoms with van der Waals surface area (Å²) in [7, 11) is 0. The maximum Gasteiger partial charge on any atom is 0.326 e. The van der Waals surface area contributed by atoms with Crippen LogP contribution in [0, 0.1) is 28.6 Å². The third-order valence-electron chi connectivity index (χ3n) is 10.2. The molecule has 7 unspecified atom stereocenters. The molecule has 0 heterocycles. The molecule has 0 saturated heterocycles. The van der Waals surface area contributed by atoms with Crippen molar-refractivity contribution in [3.8, 4) is 0 Å². The standard InChI is InChI=1S/C27H42N2O5S/c1-25-11-7-18(29-34-16-23(30)28-22(24(31)32)10-14-35-4)15-17(25)5-6-19-20(25)8-12-26(2)21(19)9-13-27(26,3)33/h15,19-22,33H,5-14,16H2,1-4H3,(H,28,30)(H,31,32). The summed E-state index contributed by atoms with van der Waals surface area (Å²) in [5.74, 6) is 1.10. The van der Waals surface area contributed by atoms with Crippen LogP contribution in [0.4, 0.5) is 0 Å². The Balaban J connectivity index is 1.37. The first kappa shape index (κ1) is 26.5. The second kappa shape index (κ2) is 10.1. The smallest absolute Gasteiger partial charge is 0.326 e. The molecule has 0 aromatic heterocycles. The van der Waals surface area contributed by atoms with Crippen molar-refractivity contribution in [2.24, 2.45) is 33.7 Å². The summed E-state index contributed by atoms with van der Waals surface area (Å²) in [6.07, 6.45) is 12.9. The van der Waals surface area contributed by atoms with E-state index >= 15 is 0 Å².